The van der Waals surface area contributed by atoms with E-state index in [1.54, 1.807) is 12.0 Å². The molecule has 132 valence electrons. The van der Waals surface area contributed by atoms with Crippen LogP contribution in [0.25, 0.3) is 0 Å². The van der Waals surface area contributed by atoms with Gasteiger partial charge in [0.1, 0.15) is 17.4 Å². The van der Waals surface area contributed by atoms with Gasteiger partial charge in [0.15, 0.2) is 0 Å². The summed E-state index contributed by atoms with van der Waals surface area (Å²) in [5, 5.41) is 2.93. The van der Waals surface area contributed by atoms with Crippen molar-refractivity contribution in [2.24, 2.45) is 0 Å². The zero-order chi connectivity index (χ0) is 18.0. The number of amides is 2. The molecule has 0 spiro atoms. The van der Waals surface area contributed by atoms with E-state index in [-0.39, 0.29) is 6.03 Å². The average Bonchev–Trinajstić information content (AvgIpc) is 2.61. The first-order valence-electron chi connectivity index (χ1n) is 8.21. The number of carbonyl (C=O) groups is 1. The SMILES string of the molecule is COc1ccc(NC(=O)N2CCc3nc(C)nc(N(C)C)c3C2)cc1. The van der Waals surface area contributed by atoms with E-state index in [2.05, 4.69) is 15.3 Å². The number of hydrogen-bond acceptors (Lipinski definition) is 5. The van der Waals surface area contributed by atoms with E-state index in [1.165, 1.54) is 0 Å². The predicted octanol–water partition coefficient (Wildman–Crippen LogP) is 2.45. The number of benzene rings is 1. The second-order valence-corrected chi connectivity index (χ2v) is 6.24. The lowest BCUT2D eigenvalue weighted by atomic mass is 10.1. The topological polar surface area (TPSA) is 70.6 Å². The number of nitrogens with zero attached hydrogens (tertiary/aromatic N) is 4. The highest BCUT2D eigenvalue weighted by atomic mass is 16.5. The minimum absolute atomic E-state index is 0.124. The Labute approximate surface area is 147 Å². The van der Waals surface area contributed by atoms with Crippen LogP contribution in [0.4, 0.5) is 16.3 Å². The monoisotopic (exact) mass is 341 g/mol. The van der Waals surface area contributed by atoms with Crippen molar-refractivity contribution in [1.82, 2.24) is 14.9 Å². The van der Waals surface area contributed by atoms with Gasteiger partial charge in [-0.15, -0.1) is 0 Å². The third kappa shape index (κ3) is 3.65. The lowest BCUT2D eigenvalue weighted by molar-refractivity contribution is 0.206. The molecule has 0 saturated heterocycles. The molecule has 1 aromatic carbocycles. The summed E-state index contributed by atoms with van der Waals surface area (Å²) in [6.07, 6.45) is 0.732. The summed E-state index contributed by atoms with van der Waals surface area (Å²) in [7, 11) is 5.53. The van der Waals surface area contributed by atoms with E-state index in [1.807, 2.05) is 50.2 Å². The summed E-state index contributed by atoms with van der Waals surface area (Å²) in [6.45, 7) is 3.04. The number of nitrogens with one attached hydrogen (secondary N) is 1. The maximum atomic E-state index is 12.6. The molecule has 0 bridgehead atoms. The van der Waals surface area contributed by atoms with Gasteiger partial charge >= 0.3 is 6.03 Å². The van der Waals surface area contributed by atoms with Gasteiger partial charge < -0.3 is 19.9 Å². The van der Waals surface area contributed by atoms with Crippen LogP contribution in [0.3, 0.4) is 0 Å². The van der Waals surface area contributed by atoms with Gasteiger partial charge in [-0.05, 0) is 31.2 Å². The molecule has 3 rings (SSSR count). The molecular weight excluding hydrogens is 318 g/mol. The van der Waals surface area contributed by atoms with Gasteiger partial charge in [-0.1, -0.05) is 0 Å². The molecule has 0 saturated carbocycles. The molecule has 7 heteroatoms. The highest BCUT2D eigenvalue weighted by molar-refractivity contribution is 5.89. The van der Waals surface area contributed by atoms with Crippen LogP contribution in [0.5, 0.6) is 5.75 Å². The number of urea groups is 1. The molecular formula is C18H23N5O2. The second-order valence-electron chi connectivity index (χ2n) is 6.24. The van der Waals surface area contributed by atoms with Crippen molar-refractivity contribution >= 4 is 17.5 Å². The van der Waals surface area contributed by atoms with Crippen molar-refractivity contribution < 1.29 is 9.53 Å². The maximum absolute atomic E-state index is 12.6. The minimum atomic E-state index is -0.124. The van der Waals surface area contributed by atoms with E-state index in [0.717, 1.165) is 40.8 Å². The van der Waals surface area contributed by atoms with Crippen molar-refractivity contribution in [3.05, 3.63) is 41.3 Å². The highest BCUT2D eigenvalue weighted by Gasteiger charge is 2.25. The Kier molecular flexibility index (Phi) is 4.74. The summed E-state index contributed by atoms with van der Waals surface area (Å²) >= 11 is 0. The molecule has 2 aromatic rings. The van der Waals surface area contributed by atoms with Gasteiger partial charge in [0.2, 0.25) is 0 Å². The Morgan fingerprint density at radius 2 is 1.96 bits per heavy atom. The van der Waals surface area contributed by atoms with Gasteiger partial charge in [-0.25, -0.2) is 14.8 Å². The molecule has 1 aliphatic rings. The average molecular weight is 341 g/mol. The molecule has 25 heavy (non-hydrogen) atoms. The molecule has 2 heterocycles. The van der Waals surface area contributed by atoms with Crippen molar-refractivity contribution in [1.29, 1.82) is 0 Å². The van der Waals surface area contributed by atoms with Crippen LogP contribution < -0.4 is 15.0 Å². The third-order valence-corrected chi connectivity index (χ3v) is 4.20. The number of fused-ring (bicyclic) bond motifs is 1. The number of hydrogen-bond donors (Lipinski definition) is 1. The Bertz CT molecular complexity index is 774. The Hall–Kier alpha value is -2.83. The number of methoxy groups -OCH3 is 1. The van der Waals surface area contributed by atoms with Crippen molar-refractivity contribution in [2.45, 2.75) is 19.9 Å². The van der Waals surface area contributed by atoms with E-state index in [0.29, 0.717) is 13.1 Å². The zero-order valence-electron chi connectivity index (χ0n) is 15.0. The van der Waals surface area contributed by atoms with Crippen LogP contribution in [0.15, 0.2) is 24.3 Å². The van der Waals surface area contributed by atoms with Crippen LogP contribution >= 0.6 is 0 Å². The van der Waals surface area contributed by atoms with Gasteiger partial charge in [0.25, 0.3) is 0 Å². The molecule has 0 atom stereocenters. The standard InChI is InChI=1S/C18H23N5O2/c1-12-19-16-9-10-23(11-15(16)17(20-12)22(2)3)18(24)21-13-5-7-14(25-4)8-6-13/h5-8H,9-11H2,1-4H3,(H,21,24). The fourth-order valence-electron chi connectivity index (χ4n) is 2.94. The molecule has 1 aliphatic heterocycles. The Morgan fingerprint density at radius 1 is 1.24 bits per heavy atom. The normalized spacial score (nSPS) is 13.2. The molecule has 0 radical (unpaired) electrons. The van der Waals surface area contributed by atoms with Crippen molar-refractivity contribution in [3.8, 4) is 5.75 Å². The molecule has 0 fully saturated rings. The van der Waals surface area contributed by atoms with Gasteiger partial charge in [-0.2, -0.15) is 0 Å². The van der Waals surface area contributed by atoms with E-state index >= 15 is 0 Å². The lowest BCUT2D eigenvalue weighted by Gasteiger charge is -2.31. The number of aromatic nitrogens is 2. The largest absolute Gasteiger partial charge is 0.497 e. The number of aryl methyl sites for hydroxylation is 1. The number of carbonyl (C=O) groups excluding carboxylic acids is 1. The highest BCUT2D eigenvalue weighted by Crippen LogP contribution is 2.26. The van der Waals surface area contributed by atoms with Crippen LogP contribution in [-0.4, -0.2) is 48.6 Å². The maximum Gasteiger partial charge on any atom is 0.322 e. The first-order valence-corrected chi connectivity index (χ1v) is 8.21. The number of anilines is 2. The molecule has 0 aliphatic carbocycles. The van der Waals surface area contributed by atoms with Crippen LogP contribution in [0.1, 0.15) is 17.1 Å². The van der Waals surface area contributed by atoms with Gasteiger partial charge in [0, 0.05) is 38.3 Å². The number of ether oxygens (including phenoxy) is 1. The first-order chi connectivity index (χ1) is 12.0. The van der Waals surface area contributed by atoms with Crippen LogP contribution in [0.2, 0.25) is 0 Å². The summed E-state index contributed by atoms with van der Waals surface area (Å²) in [6, 6.07) is 7.17. The summed E-state index contributed by atoms with van der Waals surface area (Å²) in [5.41, 5.74) is 2.79. The number of rotatable bonds is 3. The van der Waals surface area contributed by atoms with Gasteiger partial charge in [-0.3, -0.25) is 0 Å². The lowest BCUT2D eigenvalue weighted by Crippen LogP contribution is -2.40. The Balaban J connectivity index is 1.76. The smallest absolute Gasteiger partial charge is 0.322 e. The van der Waals surface area contributed by atoms with E-state index in [9.17, 15) is 4.79 Å². The zero-order valence-corrected chi connectivity index (χ0v) is 15.0. The molecule has 2 amide bonds. The van der Waals surface area contributed by atoms with Crippen LogP contribution in [0, 0.1) is 6.92 Å². The summed E-state index contributed by atoms with van der Waals surface area (Å²) in [5.74, 6) is 2.40. The molecule has 0 unspecified atom stereocenters. The Morgan fingerprint density at radius 3 is 2.60 bits per heavy atom. The molecule has 1 aromatic heterocycles. The van der Waals surface area contributed by atoms with Crippen molar-refractivity contribution in [3.63, 3.8) is 0 Å². The fraction of sp³-hybridized carbons (Fsp3) is 0.389. The second kappa shape index (κ2) is 6.96. The molecule has 7 nitrogen and oxygen atoms in total. The minimum Gasteiger partial charge on any atom is -0.497 e. The van der Waals surface area contributed by atoms with E-state index < -0.39 is 0 Å². The predicted molar refractivity (Wildman–Crippen MR) is 97.2 cm³/mol. The van der Waals surface area contributed by atoms with E-state index in [4.69, 9.17) is 4.74 Å². The fourth-order valence-corrected chi connectivity index (χ4v) is 2.94. The summed E-state index contributed by atoms with van der Waals surface area (Å²) in [4.78, 5) is 25.4. The van der Waals surface area contributed by atoms with Crippen molar-refractivity contribution in [2.75, 3.05) is 38.0 Å². The summed E-state index contributed by atoms with van der Waals surface area (Å²) < 4.78 is 5.13. The third-order valence-electron chi connectivity index (χ3n) is 4.20. The van der Waals surface area contributed by atoms with Crippen LogP contribution in [-0.2, 0) is 13.0 Å². The quantitative estimate of drug-likeness (QED) is 0.928. The first kappa shape index (κ1) is 17.0. The molecule has 1 N–H and O–H groups in total. The van der Waals surface area contributed by atoms with Gasteiger partial charge in [0.05, 0.1) is 19.3 Å².